The molecule has 0 fully saturated rings. The molecule has 7 nitrogen and oxygen atoms in total. The lowest BCUT2D eigenvalue weighted by Crippen LogP contribution is -2.17. The summed E-state index contributed by atoms with van der Waals surface area (Å²) in [6, 6.07) is 8.57. The highest BCUT2D eigenvalue weighted by Gasteiger charge is 2.11. The van der Waals surface area contributed by atoms with Crippen LogP contribution in [0.4, 0.5) is 17.3 Å². The molecule has 1 aromatic heterocycles. The molecule has 0 radical (unpaired) electrons. The lowest BCUT2D eigenvalue weighted by atomic mass is 10.2. The van der Waals surface area contributed by atoms with Crippen molar-refractivity contribution in [3.63, 3.8) is 0 Å². The van der Waals surface area contributed by atoms with Crippen LogP contribution in [0.3, 0.4) is 0 Å². The van der Waals surface area contributed by atoms with Crippen LogP contribution >= 0.6 is 0 Å². The molecule has 1 aromatic carbocycles. The van der Waals surface area contributed by atoms with Gasteiger partial charge in [0, 0.05) is 30.5 Å². The molecule has 0 saturated heterocycles. The van der Waals surface area contributed by atoms with E-state index in [-0.39, 0.29) is 17.5 Å². The smallest absolute Gasteiger partial charge is 0.274 e. The van der Waals surface area contributed by atoms with Crippen molar-refractivity contribution >= 4 is 29.1 Å². The van der Waals surface area contributed by atoms with E-state index in [0.29, 0.717) is 28.9 Å². The Hall–Kier alpha value is -2.96. The Balaban J connectivity index is 2.13. The molecule has 0 bridgehead atoms. The van der Waals surface area contributed by atoms with Gasteiger partial charge in [-0.3, -0.25) is 9.59 Å². The van der Waals surface area contributed by atoms with E-state index < -0.39 is 0 Å². The summed E-state index contributed by atoms with van der Waals surface area (Å²) in [6.07, 6.45) is 0. The van der Waals surface area contributed by atoms with Crippen molar-refractivity contribution in [1.82, 2.24) is 9.97 Å². The maximum absolute atomic E-state index is 12.5. The molecule has 2 aromatic rings. The number of anilines is 3. The zero-order valence-electron chi connectivity index (χ0n) is 14.9. The van der Waals surface area contributed by atoms with Crippen LogP contribution in [0.5, 0.6) is 0 Å². The van der Waals surface area contributed by atoms with Crippen molar-refractivity contribution in [2.75, 3.05) is 22.5 Å². The van der Waals surface area contributed by atoms with Gasteiger partial charge >= 0.3 is 0 Å². The number of benzene rings is 1. The summed E-state index contributed by atoms with van der Waals surface area (Å²) >= 11 is 0. The minimum Gasteiger partial charge on any atom is -0.354 e. The number of nitrogens with zero attached hydrogens (tertiary/aromatic N) is 2. The minimum absolute atomic E-state index is 0.171. The van der Waals surface area contributed by atoms with Crippen LogP contribution in [0.1, 0.15) is 37.0 Å². The number of aromatic nitrogens is 2. The predicted molar refractivity (Wildman–Crippen MR) is 98.8 cm³/mol. The molecule has 2 rings (SSSR count). The largest absolute Gasteiger partial charge is 0.354 e. The zero-order chi connectivity index (χ0) is 18.4. The van der Waals surface area contributed by atoms with Crippen molar-refractivity contribution < 1.29 is 9.59 Å². The first-order valence-corrected chi connectivity index (χ1v) is 8.12. The van der Waals surface area contributed by atoms with Gasteiger partial charge in [0.25, 0.3) is 5.91 Å². The van der Waals surface area contributed by atoms with Gasteiger partial charge in [-0.2, -0.15) is 0 Å². The Labute approximate surface area is 147 Å². The van der Waals surface area contributed by atoms with Gasteiger partial charge in [-0.1, -0.05) is 19.9 Å². The van der Waals surface area contributed by atoms with E-state index in [0.717, 1.165) is 6.54 Å². The second-order valence-corrected chi connectivity index (χ2v) is 6.21. The average molecular weight is 341 g/mol. The molecule has 132 valence electrons. The van der Waals surface area contributed by atoms with Crippen LogP contribution in [0.15, 0.2) is 30.3 Å². The van der Waals surface area contributed by atoms with Gasteiger partial charge in [0.05, 0.1) is 0 Å². The summed E-state index contributed by atoms with van der Waals surface area (Å²) in [5, 5.41) is 8.59. The molecule has 0 aliphatic carbocycles. The first-order chi connectivity index (χ1) is 11.8. The molecule has 0 aliphatic heterocycles. The van der Waals surface area contributed by atoms with E-state index in [2.05, 4.69) is 39.8 Å². The summed E-state index contributed by atoms with van der Waals surface area (Å²) in [5.74, 6) is 0.373. The normalized spacial score (nSPS) is 10.4. The van der Waals surface area contributed by atoms with E-state index in [1.807, 2.05) is 6.92 Å². The SMILES string of the molecule is CC(=O)Nc1cccc(NC(=O)c2cc(C)nc(NCC(C)C)n2)c1. The summed E-state index contributed by atoms with van der Waals surface area (Å²) in [6.45, 7) is 8.14. The monoisotopic (exact) mass is 341 g/mol. The quantitative estimate of drug-likeness (QED) is 0.750. The van der Waals surface area contributed by atoms with Crippen molar-refractivity contribution in [2.24, 2.45) is 5.92 Å². The summed E-state index contributed by atoms with van der Waals surface area (Å²) in [4.78, 5) is 32.2. The van der Waals surface area contributed by atoms with E-state index >= 15 is 0 Å². The van der Waals surface area contributed by atoms with E-state index in [4.69, 9.17) is 0 Å². The zero-order valence-corrected chi connectivity index (χ0v) is 14.9. The lowest BCUT2D eigenvalue weighted by Gasteiger charge is -2.11. The van der Waals surface area contributed by atoms with Gasteiger partial charge < -0.3 is 16.0 Å². The average Bonchev–Trinajstić information content (AvgIpc) is 2.52. The maximum atomic E-state index is 12.5. The molecule has 25 heavy (non-hydrogen) atoms. The van der Waals surface area contributed by atoms with Crippen LogP contribution < -0.4 is 16.0 Å². The number of carbonyl (C=O) groups excluding carboxylic acids is 2. The molecule has 0 atom stereocenters. The first-order valence-electron chi connectivity index (χ1n) is 8.12. The van der Waals surface area contributed by atoms with E-state index in [1.165, 1.54) is 6.92 Å². The summed E-state index contributed by atoms with van der Waals surface area (Å²) in [7, 11) is 0. The third kappa shape index (κ3) is 5.87. The van der Waals surface area contributed by atoms with Gasteiger partial charge in [-0.15, -0.1) is 0 Å². The van der Waals surface area contributed by atoms with Crippen molar-refractivity contribution in [3.05, 3.63) is 41.7 Å². The van der Waals surface area contributed by atoms with Crippen LogP contribution in [-0.2, 0) is 4.79 Å². The highest BCUT2D eigenvalue weighted by atomic mass is 16.2. The minimum atomic E-state index is -0.335. The van der Waals surface area contributed by atoms with Crippen LogP contribution in [0, 0.1) is 12.8 Å². The van der Waals surface area contributed by atoms with Crippen molar-refractivity contribution in [3.8, 4) is 0 Å². The predicted octanol–water partition coefficient (Wildman–Crippen LogP) is 3.06. The van der Waals surface area contributed by atoms with Crippen LogP contribution in [0.25, 0.3) is 0 Å². The molecular weight excluding hydrogens is 318 g/mol. The maximum Gasteiger partial charge on any atom is 0.274 e. The highest BCUT2D eigenvalue weighted by Crippen LogP contribution is 2.16. The molecule has 0 aliphatic rings. The Morgan fingerprint density at radius 1 is 1.08 bits per heavy atom. The van der Waals surface area contributed by atoms with Crippen LogP contribution in [0.2, 0.25) is 0 Å². The third-order valence-corrected chi connectivity index (χ3v) is 3.20. The van der Waals surface area contributed by atoms with Crippen LogP contribution in [-0.4, -0.2) is 28.3 Å². The second-order valence-electron chi connectivity index (χ2n) is 6.21. The van der Waals surface area contributed by atoms with E-state index in [9.17, 15) is 9.59 Å². The lowest BCUT2D eigenvalue weighted by molar-refractivity contribution is -0.114. The van der Waals surface area contributed by atoms with Gasteiger partial charge in [-0.05, 0) is 37.1 Å². The number of rotatable bonds is 6. The van der Waals surface area contributed by atoms with Gasteiger partial charge in [-0.25, -0.2) is 9.97 Å². The number of amides is 2. The molecule has 0 saturated carbocycles. The fourth-order valence-electron chi connectivity index (χ4n) is 2.13. The summed E-state index contributed by atoms with van der Waals surface area (Å²) in [5.41, 5.74) is 2.18. The van der Waals surface area contributed by atoms with Crippen molar-refractivity contribution in [2.45, 2.75) is 27.7 Å². The standard InChI is InChI=1S/C18H23N5O2/c1-11(2)10-19-18-20-12(3)8-16(23-18)17(25)22-15-7-5-6-14(9-15)21-13(4)24/h5-9,11H,10H2,1-4H3,(H,21,24)(H,22,25)(H,19,20,23). The molecule has 2 amide bonds. The third-order valence-electron chi connectivity index (χ3n) is 3.20. The number of carbonyl (C=O) groups is 2. The van der Waals surface area contributed by atoms with E-state index in [1.54, 1.807) is 30.3 Å². The van der Waals surface area contributed by atoms with Gasteiger partial charge in [0.2, 0.25) is 11.9 Å². The Morgan fingerprint density at radius 3 is 2.40 bits per heavy atom. The fourth-order valence-corrected chi connectivity index (χ4v) is 2.13. The number of hydrogen-bond acceptors (Lipinski definition) is 5. The second kappa shape index (κ2) is 8.23. The number of nitrogens with one attached hydrogen (secondary N) is 3. The highest BCUT2D eigenvalue weighted by molar-refractivity contribution is 6.03. The Kier molecular flexibility index (Phi) is 6.05. The molecular formula is C18H23N5O2. The van der Waals surface area contributed by atoms with Crippen molar-refractivity contribution in [1.29, 1.82) is 0 Å². The summed E-state index contributed by atoms with van der Waals surface area (Å²) < 4.78 is 0. The fraction of sp³-hybridized carbons (Fsp3) is 0.333. The van der Waals surface area contributed by atoms with Gasteiger partial charge in [0.1, 0.15) is 5.69 Å². The number of hydrogen-bond donors (Lipinski definition) is 3. The topological polar surface area (TPSA) is 96.0 Å². The number of aryl methyl sites for hydroxylation is 1. The Bertz CT molecular complexity index is 774. The molecule has 1 heterocycles. The first kappa shape index (κ1) is 18.4. The molecule has 0 spiro atoms. The molecule has 7 heteroatoms. The Morgan fingerprint density at radius 2 is 1.76 bits per heavy atom. The molecule has 0 unspecified atom stereocenters. The van der Waals surface area contributed by atoms with Gasteiger partial charge in [0.15, 0.2) is 0 Å². The molecule has 3 N–H and O–H groups in total.